The predicted octanol–water partition coefficient (Wildman–Crippen LogP) is 3.44. The van der Waals surface area contributed by atoms with E-state index in [0.29, 0.717) is 27.5 Å². The van der Waals surface area contributed by atoms with Crippen LogP contribution in [-0.4, -0.2) is 36.4 Å². The molecule has 28 heavy (non-hydrogen) atoms. The SMILES string of the molecule is CN=S(=O)(c1ccc(-n2nc(C)c(-c3ccc(C#N)cc3)c2O)nc1)C1CC1. The molecule has 0 spiro atoms. The Morgan fingerprint density at radius 1 is 1.25 bits per heavy atom. The van der Waals surface area contributed by atoms with Crippen LogP contribution in [0.1, 0.15) is 24.1 Å². The van der Waals surface area contributed by atoms with Gasteiger partial charge < -0.3 is 5.11 Å². The molecule has 142 valence electrons. The molecule has 0 radical (unpaired) electrons. The fourth-order valence-electron chi connectivity index (χ4n) is 3.23. The lowest BCUT2D eigenvalue weighted by Crippen LogP contribution is -2.08. The second-order valence-corrected chi connectivity index (χ2v) is 9.33. The lowest BCUT2D eigenvalue weighted by Gasteiger charge is -2.09. The van der Waals surface area contributed by atoms with Gasteiger partial charge in [0.25, 0.3) is 0 Å². The number of hydrogen-bond acceptors (Lipinski definition) is 6. The van der Waals surface area contributed by atoms with Gasteiger partial charge >= 0.3 is 0 Å². The normalized spacial score (nSPS) is 15.6. The van der Waals surface area contributed by atoms with E-state index in [1.807, 2.05) is 0 Å². The standard InChI is InChI=1S/C20H19N5O2S/c1-13-19(15-5-3-14(11-21)4-6-15)20(26)25(24-13)18-10-9-17(12-23-18)28(27,22-2)16-7-8-16/h3-6,9-10,12,16,26H,7-8H2,1-2H3. The first-order chi connectivity index (χ1) is 13.5. The first-order valence-corrected chi connectivity index (χ1v) is 10.5. The third kappa shape index (κ3) is 2.94. The Bertz CT molecular complexity index is 1190. The molecule has 1 fully saturated rings. The first kappa shape index (κ1) is 18.2. The molecular weight excluding hydrogens is 374 g/mol. The fraction of sp³-hybridized carbons (Fsp3) is 0.250. The fourth-order valence-corrected chi connectivity index (χ4v) is 5.37. The molecule has 1 atom stereocenters. The highest BCUT2D eigenvalue weighted by Crippen LogP contribution is 2.36. The molecule has 3 aromatic rings. The van der Waals surface area contributed by atoms with Crippen molar-refractivity contribution < 1.29 is 9.32 Å². The van der Waals surface area contributed by atoms with Crippen LogP contribution in [0.5, 0.6) is 5.88 Å². The average Bonchev–Trinajstić information content (AvgIpc) is 3.54. The van der Waals surface area contributed by atoms with Gasteiger partial charge in [-0.25, -0.2) is 13.6 Å². The van der Waals surface area contributed by atoms with E-state index >= 15 is 0 Å². The summed E-state index contributed by atoms with van der Waals surface area (Å²) in [5, 5.41) is 24.2. The molecule has 1 saturated carbocycles. The highest BCUT2D eigenvalue weighted by molar-refractivity contribution is 7.94. The zero-order valence-corrected chi connectivity index (χ0v) is 16.3. The maximum Gasteiger partial charge on any atom is 0.223 e. The molecule has 2 aromatic heterocycles. The van der Waals surface area contributed by atoms with Crippen molar-refractivity contribution in [3.8, 4) is 28.9 Å². The smallest absolute Gasteiger partial charge is 0.223 e. The van der Waals surface area contributed by atoms with Crippen LogP contribution in [0.4, 0.5) is 0 Å². The highest BCUT2D eigenvalue weighted by atomic mass is 32.2. The number of hydrogen-bond donors (Lipinski definition) is 1. The van der Waals surface area contributed by atoms with E-state index in [2.05, 4.69) is 20.5 Å². The number of nitriles is 1. The number of aromatic nitrogens is 3. The van der Waals surface area contributed by atoms with Gasteiger partial charge in [0.2, 0.25) is 5.88 Å². The molecule has 0 aliphatic heterocycles. The Morgan fingerprint density at radius 3 is 2.50 bits per heavy atom. The molecule has 0 amide bonds. The highest BCUT2D eigenvalue weighted by Gasteiger charge is 2.34. The molecule has 2 heterocycles. The van der Waals surface area contributed by atoms with E-state index in [9.17, 15) is 9.32 Å². The average molecular weight is 393 g/mol. The number of aromatic hydroxyl groups is 1. The molecule has 0 bridgehead atoms. The Morgan fingerprint density at radius 2 is 1.96 bits per heavy atom. The minimum Gasteiger partial charge on any atom is -0.493 e. The van der Waals surface area contributed by atoms with Crippen LogP contribution in [0.2, 0.25) is 0 Å². The lowest BCUT2D eigenvalue weighted by molar-refractivity contribution is 0.433. The molecule has 0 saturated heterocycles. The Hall–Kier alpha value is -3.18. The zero-order chi connectivity index (χ0) is 19.9. The molecule has 7 nitrogen and oxygen atoms in total. The summed E-state index contributed by atoms with van der Waals surface area (Å²) in [6.07, 6.45) is 3.40. The number of nitrogens with zero attached hydrogens (tertiary/aromatic N) is 5. The van der Waals surface area contributed by atoms with Gasteiger partial charge in [-0.05, 0) is 49.6 Å². The van der Waals surface area contributed by atoms with E-state index in [1.54, 1.807) is 56.6 Å². The van der Waals surface area contributed by atoms with Crippen LogP contribution in [0, 0.1) is 18.3 Å². The minimum atomic E-state index is -2.43. The van der Waals surface area contributed by atoms with E-state index in [0.717, 1.165) is 18.4 Å². The summed E-state index contributed by atoms with van der Waals surface area (Å²) < 4.78 is 18.5. The van der Waals surface area contributed by atoms with Crippen molar-refractivity contribution in [3.05, 3.63) is 53.9 Å². The van der Waals surface area contributed by atoms with Crippen molar-refractivity contribution in [3.63, 3.8) is 0 Å². The van der Waals surface area contributed by atoms with Gasteiger partial charge in [0, 0.05) is 18.5 Å². The van der Waals surface area contributed by atoms with Crippen molar-refractivity contribution >= 4 is 9.73 Å². The van der Waals surface area contributed by atoms with E-state index in [1.165, 1.54) is 4.68 Å². The topological polar surface area (TPSA) is 104 Å². The molecule has 1 N–H and O–H groups in total. The molecule has 4 rings (SSSR count). The first-order valence-electron chi connectivity index (χ1n) is 8.87. The van der Waals surface area contributed by atoms with Crippen LogP contribution in [0.25, 0.3) is 16.9 Å². The summed E-state index contributed by atoms with van der Waals surface area (Å²) in [5.41, 5.74) is 2.53. The lowest BCUT2D eigenvalue weighted by atomic mass is 10.0. The number of pyridine rings is 1. The molecule has 1 aliphatic rings. The predicted molar refractivity (Wildman–Crippen MR) is 106 cm³/mol. The maximum absolute atomic E-state index is 13.0. The molecular formula is C20H19N5O2S. The van der Waals surface area contributed by atoms with Crippen LogP contribution >= 0.6 is 0 Å². The van der Waals surface area contributed by atoms with Gasteiger partial charge in [-0.1, -0.05) is 12.1 Å². The maximum atomic E-state index is 13.0. The van der Waals surface area contributed by atoms with Crippen molar-refractivity contribution in [2.75, 3.05) is 7.05 Å². The monoisotopic (exact) mass is 393 g/mol. The third-order valence-electron chi connectivity index (χ3n) is 4.86. The number of rotatable bonds is 4. The van der Waals surface area contributed by atoms with E-state index < -0.39 is 9.73 Å². The Labute approximate surface area is 163 Å². The van der Waals surface area contributed by atoms with Gasteiger partial charge in [-0.3, -0.25) is 0 Å². The Balaban J connectivity index is 1.72. The van der Waals surface area contributed by atoms with E-state index in [-0.39, 0.29) is 11.1 Å². The van der Waals surface area contributed by atoms with Crippen LogP contribution < -0.4 is 0 Å². The summed E-state index contributed by atoms with van der Waals surface area (Å²) in [7, 11) is -0.844. The van der Waals surface area contributed by atoms with E-state index in [4.69, 9.17) is 5.26 Å². The largest absolute Gasteiger partial charge is 0.493 e. The molecule has 1 unspecified atom stereocenters. The van der Waals surface area contributed by atoms with Crippen LogP contribution in [0.3, 0.4) is 0 Å². The summed E-state index contributed by atoms with van der Waals surface area (Å²) in [4.78, 5) is 4.98. The van der Waals surface area contributed by atoms with Gasteiger partial charge in [0.15, 0.2) is 5.82 Å². The van der Waals surface area contributed by atoms with Crippen LogP contribution in [-0.2, 0) is 9.73 Å². The zero-order valence-electron chi connectivity index (χ0n) is 15.5. The van der Waals surface area contributed by atoms with Crippen molar-refractivity contribution in [2.45, 2.75) is 29.9 Å². The van der Waals surface area contributed by atoms with Crippen molar-refractivity contribution in [1.82, 2.24) is 14.8 Å². The van der Waals surface area contributed by atoms with Gasteiger partial charge in [-0.2, -0.15) is 15.0 Å². The van der Waals surface area contributed by atoms with Crippen molar-refractivity contribution in [1.29, 1.82) is 5.26 Å². The van der Waals surface area contributed by atoms with Crippen LogP contribution in [0.15, 0.2) is 51.9 Å². The minimum absolute atomic E-state index is 0.0365. The van der Waals surface area contributed by atoms with Crippen molar-refractivity contribution in [2.24, 2.45) is 4.36 Å². The number of benzene rings is 1. The molecule has 1 aromatic carbocycles. The summed E-state index contributed by atoms with van der Waals surface area (Å²) in [6, 6.07) is 12.5. The third-order valence-corrected chi connectivity index (χ3v) is 7.70. The van der Waals surface area contributed by atoms with Gasteiger partial charge in [0.05, 0.1) is 37.5 Å². The Kier molecular flexibility index (Phi) is 4.40. The molecule has 8 heteroatoms. The van der Waals surface area contributed by atoms with Gasteiger partial charge in [-0.15, -0.1) is 0 Å². The molecule has 1 aliphatic carbocycles. The quantitative estimate of drug-likeness (QED) is 0.731. The second-order valence-electron chi connectivity index (χ2n) is 6.69. The summed E-state index contributed by atoms with van der Waals surface area (Å²) in [5.74, 6) is 0.392. The summed E-state index contributed by atoms with van der Waals surface area (Å²) in [6.45, 7) is 1.80. The number of aryl methyl sites for hydroxylation is 1. The summed E-state index contributed by atoms with van der Waals surface area (Å²) >= 11 is 0. The van der Waals surface area contributed by atoms with Gasteiger partial charge in [0.1, 0.15) is 0 Å². The second kappa shape index (κ2) is 6.77.